The second-order valence-electron chi connectivity index (χ2n) is 2.40. The van der Waals surface area contributed by atoms with Gasteiger partial charge in [-0.2, -0.15) is 0 Å². The van der Waals surface area contributed by atoms with Gasteiger partial charge < -0.3 is 0 Å². The summed E-state index contributed by atoms with van der Waals surface area (Å²) in [4.78, 5) is 0.728. The first-order valence-corrected chi connectivity index (χ1v) is 5.60. The van der Waals surface area contributed by atoms with Crippen molar-refractivity contribution in [2.75, 3.05) is 5.75 Å². The lowest BCUT2D eigenvalue weighted by atomic mass is 10.3. The molecular formula is C9H10BrFS. The Balaban J connectivity index is 2.78. The molecule has 0 amide bonds. The molecule has 3 heteroatoms. The van der Waals surface area contributed by atoms with Gasteiger partial charge in [-0.15, -0.1) is 11.8 Å². The highest BCUT2D eigenvalue weighted by Crippen LogP contribution is 2.27. The summed E-state index contributed by atoms with van der Waals surface area (Å²) in [6, 6.07) is 5.37. The Morgan fingerprint density at radius 3 is 2.92 bits per heavy atom. The van der Waals surface area contributed by atoms with Crippen LogP contribution in [0.25, 0.3) is 0 Å². The van der Waals surface area contributed by atoms with Gasteiger partial charge in [0.2, 0.25) is 0 Å². The fourth-order valence-electron chi connectivity index (χ4n) is 0.808. The van der Waals surface area contributed by atoms with E-state index in [2.05, 4.69) is 22.9 Å². The van der Waals surface area contributed by atoms with Crippen LogP contribution in [-0.4, -0.2) is 5.75 Å². The van der Waals surface area contributed by atoms with Crippen molar-refractivity contribution in [1.82, 2.24) is 0 Å². The van der Waals surface area contributed by atoms with Crippen molar-refractivity contribution in [2.45, 2.75) is 18.2 Å². The predicted octanol–water partition coefficient (Wildman–Crippen LogP) is 4.09. The normalized spacial score (nSPS) is 10.2. The number of halogens is 2. The Kier molecular flexibility index (Phi) is 4.09. The van der Waals surface area contributed by atoms with E-state index in [4.69, 9.17) is 0 Å². The van der Waals surface area contributed by atoms with E-state index in [0.717, 1.165) is 17.1 Å². The molecule has 0 atom stereocenters. The zero-order chi connectivity index (χ0) is 8.97. The van der Waals surface area contributed by atoms with E-state index in [0.29, 0.717) is 4.47 Å². The van der Waals surface area contributed by atoms with Gasteiger partial charge in [0.25, 0.3) is 0 Å². The van der Waals surface area contributed by atoms with Crippen molar-refractivity contribution in [3.63, 3.8) is 0 Å². The number of benzene rings is 1. The molecule has 1 aromatic rings. The summed E-state index contributed by atoms with van der Waals surface area (Å²) < 4.78 is 13.8. The largest absolute Gasteiger partial charge is 0.205 e. The van der Waals surface area contributed by atoms with Crippen LogP contribution in [0.15, 0.2) is 27.6 Å². The molecule has 0 unspecified atom stereocenters. The van der Waals surface area contributed by atoms with Crippen LogP contribution >= 0.6 is 27.7 Å². The summed E-state index contributed by atoms with van der Waals surface area (Å²) in [5.74, 6) is 0.823. The van der Waals surface area contributed by atoms with Crippen LogP contribution in [0.3, 0.4) is 0 Å². The van der Waals surface area contributed by atoms with E-state index in [1.165, 1.54) is 0 Å². The maximum Gasteiger partial charge on any atom is 0.150 e. The first-order chi connectivity index (χ1) is 5.75. The lowest BCUT2D eigenvalue weighted by Crippen LogP contribution is -1.83. The van der Waals surface area contributed by atoms with Gasteiger partial charge in [0.05, 0.1) is 4.47 Å². The molecule has 12 heavy (non-hydrogen) atoms. The summed E-state index contributed by atoms with van der Waals surface area (Å²) in [6.45, 7) is 2.09. The smallest absolute Gasteiger partial charge is 0.150 e. The van der Waals surface area contributed by atoms with E-state index in [-0.39, 0.29) is 5.82 Å². The second-order valence-corrected chi connectivity index (χ2v) is 4.39. The molecule has 0 spiro atoms. The maximum atomic E-state index is 13.3. The van der Waals surface area contributed by atoms with Crippen LogP contribution in [0, 0.1) is 5.82 Å². The van der Waals surface area contributed by atoms with E-state index < -0.39 is 0 Å². The molecule has 0 nitrogen and oxygen atoms in total. The van der Waals surface area contributed by atoms with Crippen LogP contribution in [0.4, 0.5) is 4.39 Å². The number of hydrogen-bond donors (Lipinski definition) is 0. The fraction of sp³-hybridized carbons (Fsp3) is 0.333. The molecule has 0 fully saturated rings. The topological polar surface area (TPSA) is 0 Å². The van der Waals surface area contributed by atoms with Gasteiger partial charge >= 0.3 is 0 Å². The minimum absolute atomic E-state index is 0.143. The molecule has 66 valence electrons. The molecule has 0 aromatic heterocycles. The molecular weight excluding hydrogens is 239 g/mol. The molecule has 0 saturated heterocycles. The third-order valence-corrected chi connectivity index (χ3v) is 3.23. The second kappa shape index (κ2) is 4.87. The van der Waals surface area contributed by atoms with E-state index in [9.17, 15) is 4.39 Å². The van der Waals surface area contributed by atoms with Crippen molar-refractivity contribution >= 4 is 27.7 Å². The SMILES string of the molecule is CCCSc1cccc(Br)c1F. The summed E-state index contributed by atoms with van der Waals surface area (Å²) >= 11 is 4.71. The molecule has 0 aliphatic rings. The molecule has 0 bridgehead atoms. The third kappa shape index (κ3) is 2.49. The summed E-state index contributed by atoms with van der Waals surface area (Å²) in [5, 5.41) is 0. The van der Waals surface area contributed by atoms with Crippen LogP contribution < -0.4 is 0 Å². The highest BCUT2D eigenvalue weighted by molar-refractivity contribution is 9.10. The standard InChI is InChI=1S/C9H10BrFS/c1-2-6-12-8-5-3-4-7(10)9(8)11/h3-5H,2,6H2,1H3. The minimum atomic E-state index is -0.143. The van der Waals surface area contributed by atoms with Gasteiger partial charge in [0, 0.05) is 4.90 Å². The average molecular weight is 249 g/mol. The lowest BCUT2D eigenvalue weighted by molar-refractivity contribution is 0.595. The molecule has 1 aromatic carbocycles. The molecule has 0 radical (unpaired) electrons. The van der Waals surface area contributed by atoms with Gasteiger partial charge in [0.15, 0.2) is 5.82 Å². The number of hydrogen-bond acceptors (Lipinski definition) is 1. The van der Waals surface area contributed by atoms with Crippen molar-refractivity contribution in [1.29, 1.82) is 0 Å². The van der Waals surface area contributed by atoms with Crippen LogP contribution in [0.1, 0.15) is 13.3 Å². The number of rotatable bonds is 3. The first kappa shape index (κ1) is 10.1. The molecule has 0 aliphatic carbocycles. The molecule has 1 rings (SSSR count). The highest BCUT2D eigenvalue weighted by Gasteiger charge is 2.04. The Bertz CT molecular complexity index is 263. The summed E-state index contributed by atoms with van der Waals surface area (Å²) in [5.41, 5.74) is 0. The maximum absolute atomic E-state index is 13.3. The Morgan fingerprint density at radius 1 is 1.50 bits per heavy atom. The quantitative estimate of drug-likeness (QED) is 0.727. The van der Waals surface area contributed by atoms with Gasteiger partial charge in [-0.1, -0.05) is 13.0 Å². The molecule has 0 saturated carbocycles. The average Bonchev–Trinajstić information content (AvgIpc) is 2.08. The van der Waals surface area contributed by atoms with Gasteiger partial charge in [-0.3, -0.25) is 0 Å². The van der Waals surface area contributed by atoms with Crippen molar-refractivity contribution in [2.24, 2.45) is 0 Å². The van der Waals surface area contributed by atoms with Gasteiger partial charge in [0.1, 0.15) is 0 Å². The van der Waals surface area contributed by atoms with Crippen LogP contribution in [0.2, 0.25) is 0 Å². The first-order valence-electron chi connectivity index (χ1n) is 3.82. The van der Waals surface area contributed by atoms with Crippen molar-refractivity contribution < 1.29 is 4.39 Å². The molecule has 0 heterocycles. The van der Waals surface area contributed by atoms with Crippen molar-refractivity contribution in [3.05, 3.63) is 28.5 Å². The molecule has 0 aliphatic heterocycles. The van der Waals surface area contributed by atoms with Crippen LogP contribution in [-0.2, 0) is 0 Å². The predicted molar refractivity (Wildman–Crippen MR) is 55.1 cm³/mol. The minimum Gasteiger partial charge on any atom is -0.205 e. The van der Waals surface area contributed by atoms with Gasteiger partial charge in [-0.05, 0) is 40.2 Å². The lowest BCUT2D eigenvalue weighted by Gasteiger charge is -2.02. The van der Waals surface area contributed by atoms with E-state index >= 15 is 0 Å². The fourth-order valence-corrected chi connectivity index (χ4v) is 2.14. The zero-order valence-electron chi connectivity index (χ0n) is 6.81. The summed E-state index contributed by atoms with van der Waals surface area (Å²) in [6.07, 6.45) is 1.07. The monoisotopic (exact) mass is 248 g/mol. The number of thioether (sulfide) groups is 1. The highest BCUT2D eigenvalue weighted by atomic mass is 79.9. The Hall–Kier alpha value is -0.0200. The van der Waals surface area contributed by atoms with Gasteiger partial charge in [-0.25, -0.2) is 4.39 Å². The van der Waals surface area contributed by atoms with E-state index in [1.54, 1.807) is 23.9 Å². The summed E-state index contributed by atoms with van der Waals surface area (Å²) in [7, 11) is 0. The van der Waals surface area contributed by atoms with E-state index in [1.807, 2.05) is 6.07 Å². The third-order valence-electron chi connectivity index (χ3n) is 1.38. The Labute approximate surface area is 84.7 Å². The Morgan fingerprint density at radius 2 is 2.25 bits per heavy atom. The van der Waals surface area contributed by atoms with Crippen molar-refractivity contribution in [3.8, 4) is 0 Å². The van der Waals surface area contributed by atoms with Crippen LogP contribution in [0.5, 0.6) is 0 Å². The molecule has 0 N–H and O–H groups in total. The zero-order valence-corrected chi connectivity index (χ0v) is 9.21.